The fourth-order valence-electron chi connectivity index (χ4n) is 2.56. The zero-order valence-electron chi connectivity index (χ0n) is 16.4. The zero-order valence-corrected chi connectivity index (χ0v) is 20.3. The number of halogens is 2. The maximum Gasteiger partial charge on any atom is 0.191 e. The van der Waals surface area contributed by atoms with Crippen molar-refractivity contribution in [1.29, 1.82) is 0 Å². The Morgan fingerprint density at radius 3 is 2.57 bits per heavy atom. The van der Waals surface area contributed by atoms with Gasteiger partial charge in [-0.3, -0.25) is 4.99 Å². The largest absolute Gasteiger partial charge is 0.497 e. The second-order valence-corrected chi connectivity index (χ2v) is 7.60. The van der Waals surface area contributed by atoms with Crippen LogP contribution in [0.3, 0.4) is 0 Å². The number of hydrogen-bond acceptors (Lipinski definition) is 5. The molecule has 0 fully saturated rings. The molecule has 1 aromatic heterocycles. The molecule has 1 heterocycles. The van der Waals surface area contributed by atoms with Crippen LogP contribution >= 0.6 is 46.9 Å². The maximum absolute atomic E-state index is 10.3. The first-order valence-electron chi connectivity index (χ1n) is 8.68. The minimum Gasteiger partial charge on any atom is -0.497 e. The predicted octanol–water partition coefficient (Wildman–Crippen LogP) is 4.39. The third-order valence-corrected chi connectivity index (χ3v) is 5.28. The number of thiophene rings is 1. The van der Waals surface area contributed by atoms with E-state index >= 15 is 0 Å². The van der Waals surface area contributed by atoms with E-state index in [2.05, 4.69) is 15.6 Å². The summed E-state index contributed by atoms with van der Waals surface area (Å²) in [5.74, 6) is 2.13. The standard InChI is InChI=1S/C19H26ClN3O3S.HI/c1-5-21-19(22-11-15(24)17-8-9-18(20)27-17)23-12(2)14-10-13(25-3)6-7-16(14)26-4;/h6-10,12,15,24H,5,11H2,1-4H3,(H2,21,22,23);1H. The first-order chi connectivity index (χ1) is 13.0. The molecule has 0 saturated heterocycles. The molecule has 2 rings (SSSR count). The lowest BCUT2D eigenvalue weighted by molar-refractivity contribution is 0.191. The molecular formula is C19H27ClIN3O3S. The Morgan fingerprint density at radius 1 is 1.25 bits per heavy atom. The van der Waals surface area contributed by atoms with E-state index in [1.807, 2.05) is 38.1 Å². The van der Waals surface area contributed by atoms with Crippen LogP contribution in [0.5, 0.6) is 11.5 Å². The van der Waals surface area contributed by atoms with Gasteiger partial charge in [-0.05, 0) is 44.2 Å². The summed E-state index contributed by atoms with van der Waals surface area (Å²) in [6.45, 7) is 4.94. The van der Waals surface area contributed by atoms with Gasteiger partial charge >= 0.3 is 0 Å². The van der Waals surface area contributed by atoms with Gasteiger partial charge in [0, 0.05) is 17.0 Å². The number of guanidine groups is 1. The molecule has 9 heteroatoms. The molecular weight excluding hydrogens is 513 g/mol. The van der Waals surface area contributed by atoms with Crippen LogP contribution in [0.25, 0.3) is 0 Å². The van der Waals surface area contributed by atoms with E-state index in [1.54, 1.807) is 20.3 Å². The number of nitrogens with one attached hydrogen (secondary N) is 2. The Labute approximate surface area is 192 Å². The van der Waals surface area contributed by atoms with Crippen molar-refractivity contribution < 1.29 is 14.6 Å². The molecule has 0 saturated carbocycles. The summed E-state index contributed by atoms with van der Waals surface area (Å²) in [4.78, 5) is 5.29. The van der Waals surface area contributed by atoms with E-state index in [9.17, 15) is 5.11 Å². The van der Waals surface area contributed by atoms with Gasteiger partial charge in [0.2, 0.25) is 0 Å². The molecule has 2 atom stereocenters. The second-order valence-electron chi connectivity index (χ2n) is 5.85. The number of aliphatic hydroxyl groups excluding tert-OH is 1. The molecule has 6 nitrogen and oxygen atoms in total. The average Bonchev–Trinajstić information content (AvgIpc) is 3.11. The molecule has 3 N–H and O–H groups in total. The molecule has 0 aliphatic heterocycles. The van der Waals surface area contributed by atoms with Crippen LogP contribution in [0.15, 0.2) is 35.3 Å². The van der Waals surface area contributed by atoms with Gasteiger partial charge in [-0.15, -0.1) is 35.3 Å². The molecule has 0 bridgehead atoms. The number of hydrogen-bond donors (Lipinski definition) is 3. The van der Waals surface area contributed by atoms with Crippen molar-refractivity contribution >= 4 is 52.9 Å². The summed E-state index contributed by atoms with van der Waals surface area (Å²) in [5.41, 5.74) is 0.952. The summed E-state index contributed by atoms with van der Waals surface area (Å²) >= 11 is 7.29. The first kappa shape index (κ1) is 24.8. The third-order valence-electron chi connectivity index (χ3n) is 3.95. The van der Waals surface area contributed by atoms with Crippen molar-refractivity contribution in [2.75, 3.05) is 27.3 Å². The van der Waals surface area contributed by atoms with Gasteiger partial charge in [0.15, 0.2) is 5.96 Å². The minimum atomic E-state index is -0.695. The van der Waals surface area contributed by atoms with Crippen LogP contribution in [0, 0.1) is 0 Å². The molecule has 28 heavy (non-hydrogen) atoms. The van der Waals surface area contributed by atoms with Crippen molar-refractivity contribution in [2.45, 2.75) is 26.0 Å². The number of ether oxygens (including phenoxy) is 2. The number of nitrogens with zero attached hydrogens (tertiary/aromatic N) is 1. The highest BCUT2D eigenvalue weighted by molar-refractivity contribution is 14.0. The molecule has 0 aliphatic carbocycles. The van der Waals surface area contributed by atoms with Crippen LogP contribution in [0.2, 0.25) is 4.34 Å². The smallest absolute Gasteiger partial charge is 0.191 e. The second kappa shape index (κ2) is 12.4. The SMILES string of the molecule is CCNC(=NCC(O)c1ccc(Cl)s1)NC(C)c1cc(OC)ccc1OC.I. The fourth-order valence-corrected chi connectivity index (χ4v) is 3.59. The van der Waals surface area contributed by atoms with E-state index < -0.39 is 6.10 Å². The Kier molecular flexibility index (Phi) is 10.9. The number of benzene rings is 1. The van der Waals surface area contributed by atoms with Crippen molar-refractivity contribution in [3.05, 3.63) is 45.1 Å². The Bertz CT molecular complexity index is 773. The van der Waals surface area contributed by atoms with Crippen LogP contribution < -0.4 is 20.1 Å². The lowest BCUT2D eigenvalue weighted by atomic mass is 10.1. The van der Waals surface area contributed by atoms with Gasteiger partial charge in [-0.25, -0.2) is 0 Å². The lowest BCUT2D eigenvalue weighted by Gasteiger charge is -2.21. The Hall–Kier alpha value is -1.23. The molecule has 0 aliphatic rings. The van der Waals surface area contributed by atoms with E-state index in [0.29, 0.717) is 16.8 Å². The van der Waals surface area contributed by atoms with E-state index in [1.165, 1.54) is 11.3 Å². The first-order valence-corrected chi connectivity index (χ1v) is 9.88. The van der Waals surface area contributed by atoms with Crippen molar-refractivity contribution in [1.82, 2.24) is 10.6 Å². The molecule has 156 valence electrons. The lowest BCUT2D eigenvalue weighted by Crippen LogP contribution is -2.39. The summed E-state index contributed by atoms with van der Waals surface area (Å²) < 4.78 is 11.4. The molecule has 2 unspecified atom stereocenters. The predicted molar refractivity (Wildman–Crippen MR) is 127 cm³/mol. The quantitative estimate of drug-likeness (QED) is 0.264. The van der Waals surface area contributed by atoms with Gasteiger partial charge in [0.1, 0.15) is 17.6 Å². The zero-order chi connectivity index (χ0) is 19.8. The number of methoxy groups -OCH3 is 2. The normalized spacial score (nSPS) is 13.3. The number of rotatable bonds is 8. The highest BCUT2D eigenvalue weighted by Crippen LogP contribution is 2.29. The number of aliphatic imine (C=N–C) groups is 1. The van der Waals surface area contributed by atoms with Crippen molar-refractivity contribution in [3.63, 3.8) is 0 Å². The van der Waals surface area contributed by atoms with Gasteiger partial charge < -0.3 is 25.2 Å². The molecule has 1 aromatic carbocycles. The topological polar surface area (TPSA) is 75.1 Å². The van der Waals surface area contributed by atoms with Gasteiger partial charge in [0.05, 0.1) is 31.1 Å². The molecule has 2 aromatic rings. The van der Waals surface area contributed by atoms with Crippen molar-refractivity contribution in [3.8, 4) is 11.5 Å². The van der Waals surface area contributed by atoms with E-state index in [4.69, 9.17) is 21.1 Å². The van der Waals surface area contributed by atoms with Crippen molar-refractivity contribution in [2.24, 2.45) is 4.99 Å². The average molecular weight is 540 g/mol. The molecule has 0 amide bonds. The van der Waals surface area contributed by atoms with Gasteiger partial charge in [0.25, 0.3) is 0 Å². The summed E-state index contributed by atoms with van der Waals surface area (Å²) in [6.07, 6.45) is -0.695. The fraction of sp³-hybridized carbons (Fsp3) is 0.421. The van der Waals surface area contributed by atoms with Gasteiger partial charge in [-0.1, -0.05) is 11.6 Å². The molecule has 0 radical (unpaired) electrons. The molecule has 0 spiro atoms. The summed E-state index contributed by atoms with van der Waals surface area (Å²) in [7, 11) is 3.27. The highest BCUT2D eigenvalue weighted by Gasteiger charge is 2.15. The summed E-state index contributed by atoms with van der Waals surface area (Å²) in [6, 6.07) is 9.17. The van der Waals surface area contributed by atoms with Crippen LogP contribution in [-0.2, 0) is 0 Å². The third kappa shape index (κ3) is 6.98. The summed E-state index contributed by atoms with van der Waals surface area (Å²) in [5, 5.41) is 16.8. The number of aliphatic hydroxyl groups is 1. The van der Waals surface area contributed by atoms with Crippen LogP contribution in [0.4, 0.5) is 0 Å². The Morgan fingerprint density at radius 2 is 2.00 bits per heavy atom. The highest BCUT2D eigenvalue weighted by atomic mass is 127. The maximum atomic E-state index is 10.3. The van der Waals surface area contributed by atoms with Gasteiger partial charge in [-0.2, -0.15) is 0 Å². The van der Waals surface area contributed by atoms with Crippen LogP contribution in [-0.4, -0.2) is 38.4 Å². The van der Waals surface area contributed by atoms with E-state index in [0.717, 1.165) is 21.9 Å². The van der Waals surface area contributed by atoms with E-state index in [-0.39, 0.29) is 36.6 Å². The van der Waals surface area contributed by atoms with Crippen LogP contribution in [0.1, 0.15) is 36.4 Å². The monoisotopic (exact) mass is 539 g/mol. The minimum absolute atomic E-state index is 0. The Balaban J connectivity index is 0.00000392.